The van der Waals surface area contributed by atoms with Crippen molar-refractivity contribution >= 4 is 17.5 Å². The van der Waals surface area contributed by atoms with Crippen molar-refractivity contribution in [3.05, 3.63) is 34.6 Å². The second-order valence-electron chi connectivity index (χ2n) is 4.61. The maximum atomic E-state index is 12.9. The molecule has 0 unspecified atom stereocenters. The molecule has 3 nitrogen and oxygen atoms in total. The topological polar surface area (TPSA) is 32.3 Å². The summed E-state index contributed by atoms with van der Waals surface area (Å²) >= 11 is 5.92. The molecule has 0 spiro atoms. The number of amides is 1. The zero-order valence-electron chi connectivity index (χ0n) is 10.2. The van der Waals surface area contributed by atoms with Crippen LogP contribution in [0.4, 0.5) is 4.39 Å². The minimum atomic E-state index is -0.382. The third-order valence-corrected chi connectivity index (χ3v) is 3.43. The number of nitrogens with one attached hydrogen (secondary N) is 1. The highest BCUT2D eigenvalue weighted by molar-refractivity contribution is 6.31. The van der Waals surface area contributed by atoms with Gasteiger partial charge in [-0.15, -0.1) is 0 Å². The van der Waals surface area contributed by atoms with E-state index in [0.29, 0.717) is 29.7 Å². The standard InChI is InChI=1S/C13H16ClFN2O/c1-9-8-17(5-4-16-9)13(18)6-10-2-3-11(15)7-12(10)14/h2-3,7,9,16H,4-6,8H2,1H3/t9-/m1/s1. The molecule has 1 heterocycles. The average molecular weight is 271 g/mol. The molecule has 2 rings (SSSR count). The Morgan fingerprint density at radius 1 is 1.61 bits per heavy atom. The smallest absolute Gasteiger partial charge is 0.227 e. The molecule has 1 aromatic rings. The first kappa shape index (κ1) is 13.3. The fourth-order valence-electron chi connectivity index (χ4n) is 2.10. The van der Waals surface area contributed by atoms with Crippen molar-refractivity contribution < 1.29 is 9.18 Å². The largest absolute Gasteiger partial charge is 0.340 e. The summed E-state index contributed by atoms with van der Waals surface area (Å²) in [7, 11) is 0. The van der Waals surface area contributed by atoms with E-state index in [2.05, 4.69) is 5.32 Å². The highest BCUT2D eigenvalue weighted by Crippen LogP contribution is 2.18. The summed E-state index contributed by atoms with van der Waals surface area (Å²) in [5.74, 6) is -0.344. The Morgan fingerprint density at radius 2 is 2.39 bits per heavy atom. The highest BCUT2D eigenvalue weighted by atomic mass is 35.5. The van der Waals surface area contributed by atoms with Crippen LogP contribution in [-0.2, 0) is 11.2 Å². The van der Waals surface area contributed by atoms with Gasteiger partial charge in [0.05, 0.1) is 6.42 Å². The van der Waals surface area contributed by atoms with Crippen molar-refractivity contribution in [2.75, 3.05) is 19.6 Å². The van der Waals surface area contributed by atoms with E-state index < -0.39 is 0 Å². The van der Waals surface area contributed by atoms with Gasteiger partial charge in [-0.2, -0.15) is 0 Å². The molecule has 1 atom stereocenters. The number of rotatable bonds is 2. The molecule has 0 bridgehead atoms. The van der Waals surface area contributed by atoms with Crippen LogP contribution in [0.25, 0.3) is 0 Å². The molecule has 0 saturated carbocycles. The van der Waals surface area contributed by atoms with Crippen LogP contribution in [0, 0.1) is 5.82 Å². The highest BCUT2D eigenvalue weighted by Gasteiger charge is 2.21. The zero-order valence-corrected chi connectivity index (χ0v) is 11.0. The minimum Gasteiger partial charge on any atom is -0.340 e. The number of piperazine rings is 1. The summed E-state index contributed by atoms with van der Waals surface area (Å²) in [6.07, 6.45) is 0.228. The van der Waals surface area contributed by atoms with E-state index in [-0.39, 0.29) is 18.1 Å². The Bertz CT molecular complexity index is 453. The third kappa shape index (κ3) is 3.21. The number of nitrogens with zero attached hydrogens (tertiary/aromatic N) is 1. The van der Waals surface area contributed by atoms with Crippen LogP contribution in [0.3, 0.4) is 0 Å². The lowest BCUT2D eigenvalue weighted by molar-refractivity contribution is -0.131. The summed E-state index contributed by atoms with van der Waals surface area (Å²) in [6, 6.07) is 4.45. The quantitative estimate of drug-likeness (QED) is 0.889. The first-order chi connectivity index (χ1) is 8.56. The lowest BCUT2D eigenvalue weighted by Crippen LogP contribution is -2.51. The molecule has 1 aliphatic heterocycles. The van der Waals surface area contributed by atoms with Crippen molar-refractivity contribution in [2.45, 2.75) is 19.4 Å². The van der Waals surface area contributed by atoms with Crippen LogP contribution in [0.15, 0.2) is 18.2 Å². The second kappa shape index (κ2) is 5.67. The summed E-state index contributed by atoms with van der Waals surface area (Å²) < 4.78 is 12.9. The molecule has 5 heteroatoms. The summed E-state index contributed by atoms with van der Waals surface area (Å²) in [5, 5.41) is 3.59. The third-order valence-electron chi connectivity index (χ3n) is 3.08. The molecule has 1 saturated heterocycles. The van der Waals surface area contributed by atoms with E-state index in [4.69, 9.17) is 11.6 Å². The fraction of sp³-hybridized carbons (Fsp3) is 0.462. The maximum Gasteiger partial charge on any atom is 0.227 e. The number of halogens is 2. The van der Waals surface area contributed by atoms with Crippen LogP contribution in [0.2, 0.25) is 5.02 Å². The van der Waals surface area contributed by atoms with Gasteiger partial charge in [0, 0.05) is 30.7 Å². The molecule has 0 aromatic heterocycles. The first-order valence-electron chi connectivity index (χ1n) is 6.01. The van der Waals surface area contributed by atoms with Crippen LogP contribution >= 0.6 is 11.6 Å². The number of carbonyl (C=O) groups excluding carboxylic acids is 1. The van der Waals surface area contributed by atoms with Gasteiger partial charge < -0.3 is 10.2 Å². The molecule has 1 aromatic carbocycles. The maximum absolute atomic E-state index is 12.9. The van der Waals surface area contributed by atoms with Gasteiger partial charge in [0.15, 0.2) is 0 Å². The van der Waals surface area contributed by atoms with E-state index >= 15 is 0 Å². The molecule has 18 heavy (non-hydrogen) atoms. The van der Waals surface area contributed by atoms with E-state index in [0.717, 1.165) is 6.54 Å². The normalized spacial score (nSPS) is 19.9. The Balaban J connectivity index is 2.02. The molecule has 0 aliphatic carbocycles. The van der Waals surface area contributed by atoms with E-state index in [1.54, 1.807) is 6.07 Å². The monoisotopic (exact) mass is 270 g/mol. The van der Waals surface area contributed by atoms with Gasteiger partial charge in [0.25, 0.3) is 0 Å². The van der Waals surface area contributed by atoms with Gasteiger partial charge in [-0.3, -0.25) is 4.79 Å². The van der Waals surface area contributed by atoms with Gasteiger partial charge in [0.2, 0.25) is 5.91 Å². The van der Waals surface area contributed by atoms with E-state index in [9.17, 15) is 9.18 Å². The summed E-state index contributed by atoms with van der Waals surface area (Å²) in [6.45, 7) is 4.27. The number of benzene rings is 1. The van der Waals surface area contributed by atoms with Gasteiger partial charge in [-0.1, -0.05) is 17.7 Å². The van der Waals surface area contributed by atoms with Crippen molar-refractivity contribution in [1.82, 2.24) is 10.2 Å². The molecule has 1 fully saturated rings. The molecular weight excluding hydrogens is 255 g/mol. The van der Waals surface area contributed by atoms with Crippen LogP contribution < -0.4 is 5.32 Å². The summed E-state index contributed by atoms with van der Waals surface area (Å²) in [4.78, 5) is 13.9. The second-order valence-corrected chi connectivity index (χ2v) is 5.01. The van der Waals surface area contributed by atoms with E-state index in [1.807, 2.05) is 11.8 Å². The Labute approximate surface area is 111 Å². The predicted molar refractivity (Wildman–Crippen MR) is 69.2 cm³/mol. The Kier molecular flexibility index (Phi) is 4.19. The van der Waals surface area contributed by atoms with Crippen LogP contribution in [0.5, 0.6) is 0 Å². The minimum absolute atomic E-state index is 0.0388. The van der Waals surface area contributed by atoms with Gasteiger partial charge in [-0.05, 0) is 24.6 Å². The van der Waals surface area contributed by atoms with Gasteiger partial charge in [0.1, 0.15) is 5.82 Å². The molecular formula is C13H16ClFN2O. The SMILES string of the molecule is C[C@@H]1CN(C(=O)Cc2ccc(F)cc2Cl)CCN1. The van der Waals surface area contributed by atoms with Gasteiger partial charge >= 0.3 is 0 Å². The van der Waals surface area contributed by atoms with Gasteiger partial charge in [-0.25, -0.2) is 4.39 Å². The zero-order chi connectivity index (χ0) is 13.1. The molecule has 1 aliphatic rings. The fourth-order valence-corrected chi connectivity index (χ4v) is 2.33. The summed E-state index contributed by atoms with van der Waals surface area (Å²) in [5.41, 5.74) is 0.675. The molecule has 98 valence electrons. The number of carbonyl (C=O) groups is 1. The lowest BCUT2D eigenvalue weighted by Gasteiger charge is -2.32. The molecule has 1 N–H and O–H groups in total. The number of hydrogen-bond donors (Lipinski definition) is 1. The van der Waals surface area contributed by atoms with E-state index in [1.165, 1.54) is 12.1 Å². The lowest BCUT2D eigenvalue weighted by atomic mass is 10.1. The van der Waals surface area contributed by atoms with Crippen LogP contribution in [-0.4, -0.2) is 36.5 Å². The Morgan fingerprint density at radius 3 is 3.06 bits per heavy atom. The Hall–Kier alpha value is -1.13. The first-order valence-corrected chi connectivity index (χ1v) is 6.39. The average Bonchev–Trinajstić information content (AvgIpc) is 2.32. The van der Waals surface area contributed by atoms with Crippen molar-refractivity contribution in [1.29, 1.82) is 0 Å². The van der Waals surface area contributed by atoms with Crippen molar-refractivity contribution in [3.63, 3.8) is 0 Å². The predicted octanol–water partition coefficient (Wildman–Crippen LogP) is 1.84. The van der Waals surface area contributed by atoms with Crippen molar-refractivity contribution in [2.24, 2.45) is 0 Å². The molecule has 1 amide bonds. The van der Waals surface area contributed by atoms with Crippen molar-refractivity contribution in [3.8, 4) is 0 Å². The number of hydrogen-bond acceptors (Lipinski definition) is 2. The van der Waals surface area contributed by atoms with Crippen LogP contribution in [0.1, 0.15) is 12.5 Å². The molecule has 0 radical (unpaired) electrons.